The number of rotatable bonds is 4. The van der Waals surface area contributed by atoms with E-state index in [1.165, 1.54) is 4.90 Å². The fraction of sp³-hybridized carbons (Fsp3) is 0.750. The molecular weight excluding hydrogens is 264 g/mol. The molecule has 2 atom stereocenters. The van der Waals surface area contributed by atoms with Gasteiger partial charge in [0.25, 0.3) is 0 Å². The summed E-state index contributed by atoms with van der Waals surface area (Å²) in [4.78, 5) is 13.1. The summed E-state index contributed by atoms with van der Waals surface area (Å²) in [6.07, 6.45) is 3.68. The molecule has 2 rings (SSSR count). The Kier molecular flexibility index (Phi) is 4.71. The summed E-state index contributed by atoms with van der Waals surface area (Å²) in [5, 5.41) is 4.25. The first-order valence-corrected chi connectivity index (χ1v) is 7.11. The highest BCUT2D eigenvalue weighted by Crippen LogP contribution is 2.09. The van der Waals surface area contributed by atoms with Gasteiger partial charge in [-0.05, 0) is 32.0 Å². The van der Waals surface area contributed by atoms with Crippen LogP contribution in [0.4, 0.5) is 0 Å². The van der Waals surface area contributed by atoms with Crippen LogP contribution in [-0.4, -0.2) is 40.0 Å². The van der Waals surface area contributed by atoms with Crippen LogP contribution in [0.15, 0.2) is 6.33 Å². The summed E-state index contributed by atoms with van der Waals surface area (Å²) in [7, 11) is 1.89. The van der Waals surface area contributed by atoms with E-state index in [1.54, 1.807) is 6.33 Å². The quantitative estimate of drug-likeness (QED) is 0.613. The molecule has 19 heavy (non-hydrogen) atoms. The van der Waals surface area contributed by atoms with Crippen molar-refractivity contribution in [1.82, 2.24) is 14.3 Å². The molecule has 6 nitrogen and oxygen atoms in total. The summed E-state index contributed by atoms with van der Waals surface area (Å²) < 4.78 is 9.46. The molecule has 0 spiro atoms. The molecular formula is C12H21N4O2S+. The zero-order chi connectivity index (χ0) is 13.8. The lowest BCUT2D eigenvalue weighted by atomic mass is 9.99. The largest absolute Gasteiger partial charge is 0.466 e. The topological polar surface area (TPSA) is 53.5 Å². The zero-order valence-electron chi connectivity index (χ0n) is 11.5. The SMILES string of the molecule is CCOC(=O)[C@H]1CCC[NH+](Cn2ncn(C)c2=S)C1. The molecule has 7 heteroatoms. The Bertz CT molecular complexity index is 496. The fourth-order valence-corrected chi connectivity index (χ4v) is 2.66. The van der Waals surface area contributed by atoms with Gasteiger partial charge >= 0.3 is 5.97 Å². The van der Waals surface area contributed by atoms with E-state index in [4.69, 9.17) is 17.0 Å². The Hall–Kier alpha value is -1.21. The van der Waals surface area contributed by atoms with Crippen LogP contribution in [0.5, 0.6) is 0 Å². The van der Waals surface area contributed by atoms with E-state index in [-0.39, 0.29) is 11.9 Å². The molecule has 2 heterocycles. The lowest BCUT2D eigenvalue weighted by molar-refractivity contribution is -0.930. The standard InChI is InChI=1S/C12H20N4O2S/c1-3-18-11(17)10-5-4-6-15(7-10)9-16-12(19)14(2)8-13-16/h8,10H,3-7,9H2,1-2H3/p+1/t10-/m0/s1. The molecule has 1 fully saturated rings. The summed E-state index contributed by atoms with van der Waals surface area (Å²) in [5.41, 5.74) is 0. The Labute approximate surface area is 118 Å². The van der Waals surface area contributed by atoms with Crippen LogP contribution in [0.25, 0.3) is 0 Å². The van der Waals surface area contributed by atoms with Crippen LogP contribution in [0.1, 0.15) is 19.8 Å². The van der Waals surface area contributed by atoms with E-state index in [0.717, 1.165) is 32.6 Å². The number of nitrogens with one attached hydrogen (secondary N) is 1. The second-order valence-corrected chi connectivity index (χ2v) is 5.34. The van der Waals surface area contributed by atoms with Gasteiger partial charge in [-0.1, -0.05) is 0 Å². The summed E-state index contributed by atoms with van der Waals surface area (Å²) in [6, 6.07) is 0. The van der Waals surface area contributed by atoms with E-state index in [0.29, 0.717) is 11.4 Å². The number of piperidine rings is 1. The maximum atomic E-state index is 11.8. The third-order valence-corrected chi connectivity index (χ3v) is 4.00. The fourth-order valence-electron chi connectivity index (χ4n) is 2.50. The van der Waals surface area contributed by atoms with Crippen LogP contribution in [0.2, 0.25) is 0 Å². The van der Waals surface area contributed by atoms with Crippen molar-refractivity contribution < 1.29 is 14.4 Å². The lowest BCUT2D eigenvalue weighted by Crippen LogP contribution is -3.13. The highest BCUT2D eigenvalue weighted by Gasteiger charge is 2.30. The molecule has 1 saturated heterocycles. The highest BCUT2D eigenvalue weighted by molar-refractivity contribution is 7.71. The number of esters is 1. The van der Waals surface area contributed by atoms with Crippen molar-refractivity contribution in [1.29, 1.82) is 0 Å². The number of aryl methyl sites for hydroxylation is 1. The molecule has 1 aromatic rings. The number of carbonyl (C=O) groups is 1. The molecule has 0 amide bonds. The second-order valence-electron chi connectivity index (χ2n) is 4.98. The van der Waals surface area contributed by atoms with Gasteiger partial charge in [-0.15, -0.1) is 0 Å². The number of hydrogen-bond acceptors (Lipinski definition) is 4. The van der Waals surface area contributed by atoms with Crippen LogP contribution in [0, 0.1) is 10.7 Å². The van der Waals surface area contributed by atoms with Gasteiger partial charge in [-0.25, -0.2) is 0 Å². The monoisotopic (exact) mass is 285 g/mol. The first kappa shape index (κ1) is 14.2. The van der Waals surface area contributed by atoms with Gasteiger partial charge in [0.05, 0.1) is 19.7 Å². The minimum Gasteiger partial charge on any atom is -0.466 e. The van der Waals surface area contributed by atoms with Crippen molar-refractivity contribution >= 4 is 18.2 Å². The van der Waals surface area contributed by atoms with Gasteiger partial charge in [-0.2, -0.15) is 9.78 Å². The molecule has 0 aromatic carbocycles. The molecule has 0 aliphatic carbocycles. The van der Waals surface area contributed by atoms with E-state index in [9.17, 15) is 4.79 Å². The summed E-state index contributed by atoms with van der Waals surface area (Å²) in [6.45, 7) is 4.87. The van der Waals surface area contributed by atoms with E-state index < -0.39 is 0 Å². The van der Waals surface area contributed by atoms with E-state index in [2.05, 4.69) is 5.10 Å². The molecule has 106 valence electrons. The first-order valence-electron chi connectivity index (χ1n) is 6.70. The van der Waals surface area contributed by atoms with Gasteiger partial charge in [0.1, 0.15) is 12.2 Å². The van der Waals surface area contributed by atoms with Crippen molar-refractivity contribution in [2.24, 2.45) is 13.0 Å². The molecule has 1 aliphatic heterocycles. The normalized spacial score (nSPS) is 23.3. The maximum absolute atomic E-state index is 11.8. The van der Waals surface area contributed by atoms with E-state index >= 15 is 0 Å². The predicted molar refractivity (Wildman–Crippen MR) is 72.1 cm³/mol. The van der Waals surface area contributed by atoms with Gasteiger partial charge < -0.3 is 14.2 Å². The number of quaternary nitrogens is 1. The second kappa shape index (κ2) is 6.29. The average Bonchev–Trinajstić information content (AvgIpc) is 2.71. The molecule has 1 unspecified atom stereocenters. The van der Waals surface area contributed by atoms with Gasteiger partial charge in [-0.3, -0.25) is 4.79 Å². The first-order chi connectivity index (χ1) is 9.11. The average molecular weight is 285 g/mol. The van der Waals surface area contributed by atoms with Crippen LogP contribution in [-0.2, 0) is 23.2 Å². The number of nitrogens with zero attached hydrogens (tertiary/aromatic N) is 3. The Morgan fingerprint density at radius 2 is 2.47 bits per heavy atom. The molecule has 1 N–H and O–H groups in total. The van der Waals surface area contributed by atoms with Crippen LogP contribution < -0.4 is 4.90 Å². The predicted octanol–water partition coefficient (Wildman–Crippen LogP) is -0.233. The molecule has 0 saturated carbocycles. The van der Waals surface area contributed by atoms with E-state index in [1.807, 2.05) is 23.2 Å². The molecule has 0 bridgehead atoms. The summed E-state index contributed by atoms with van der Waals surface area (Å²) in [5.74, 6) is -0.0501. The zero-order valence-corrected chi connectivity index (χ0v) is 12.3. The number of hydrogen-bond donors (Lipinski definition) is 1. The van der Waals surface area contributed by atoms with Crippen molar-refractivity contribution in [2.75, 3.05) is 19.7 Å². The van der Waals surface area contributed by atoms with Gasteiger partial charge in [0.2, 0.25) is 4.77 Å². The smallest absolute Gasteiger partial charge is 0.314 e. The van der Waals surface area contributed by atoms with Gasteiger partial charge in [0, 0.05) is 7.05 Å². The molecule has 1 aromatic heterocycles. The Morgan fingerprint density at radius 3 is 3.11 bits per heavy atom. The number of carbonyl (C=O) groups excluding carboxylic acids is 1. The molecule has 1 aliphatic rings. The minimum absolute atomic E-state index is 0.0154. The third-order valence-electron chi connectivity index (χ3n) is 3.50. The van der Waals surface area contributed by atoms with Crippen LogP contribution >= 0.6 is 12.2 Å². The Morgan fingerprint density at radius 1 is 1.68 bits per heavy atom. The van der Waals surface area contributed by atoms with Crippen molar-refractivity contribution in [3.63, 3.8) is 0 Å². The molecule has 0 radical (unpaired) electrons. The lowest BCUT2D eigenvalue weighted by Gasteiger charge is -2.28. The number of aromatic nitrogens is 3. The van der Waals surface area contributed by atoms with Crippen LogP contribution in [0.3, 0.4) is 0 Å². The van der Waals surface area contributed by atoms with Crippen molar-refractivity contribution in [3.8, 4) is 0 Å². The minimum atomic E-state index is -0.0654. The van der Waals surface area contributed by atoms with Gasteiger partial charge in [0.15, 0.2) is 6.67 Å². The Balaban J connectivity index is 1.96. The summed E-state index contributed by atoms with van der Waals surface area (Å²) >= 11 is 5.28. The van der Waals surface area contributed by atoms with Crippen molar-refractivity contribution in [2.45, 2.75) is 26.4 Å². The number of likely N-dealkylation sites (tertiary alicyclic amines) is 1. The highest BCUT2D eigenvalue weighted by atomic mass is 32.1. The maximum Gasteiger partial charge on any atom is 0.314 e. The third kappa shape index (κ3) is 3.42. The van der Waals surface area contributed by atoms with Crippen molar-refractivity contribution in [3.05, 3.63) is 11.1 Å². The number of ether oxygens (including phenoxy) is 1.